The first-order valence-corrected chi connectivity index (χ1v) is 12.6. The van der Waals surface area contributed by atoms with E-state index >= 15 is 4.39 Å². The number of nitrogens with one attached hydrogen (secondary N) is 1. The van der Waals surface area contributed by atoms with Gasteiger partial charge in [-0.25, -0.2) is 4.39 Å². The highest BCUT2D eigenvalue weighted by atomic mass is 19.1. The van der Waals surface area contributed by atoms with E-state index in [0.29, 0.717) is 29.0 Å². The highest BCUT2D eigenvalue weighted by Gasteiger charge is 2.26. The van der Waals surface area contributed by atoms with Crippen molar-refractivity contribution in [1.82, 2.24) is 0 Å². The Balaban J connectivity index is 1.65. The number of carbonyl (C=O) groups is 1. The van der Waals surface area contributed by atoms with Crippen LogP contribution in [0.15, 0.2) is 77.4 Å². The van der Waals surface area contributed by atoms with Gasteiger partial charge in [0.1, 0.15) is 11.6 Å². The van der Waals surface area contributed by atoms with Crippen molar-refractivity contribution in [3.05, 3.63) is 88.5 Å². The van der Waals surface area contributed by atoms with Crippen molar-refractivity contribution in [2.75, 3.05) is 11.9 Å². The van der Waals surface area contributed by atoms with Crippen molar-refractivity contribution in [3.63, 3.8) is 0 Å². The van der Waals surface area contributed by atoms with Gasteiger partial charge in [-0.1, -0.05) is 57.0 Å². The number of allylic oxidation sites excluding steroid dienone is 5. The van der Waals surface area contributed by atoms with Gasteiger partial charge in [-0.05, 0) is 92.5 Å². The molecule has 1 amide bonds. The molecule has 1 N–H and O–H groups in total. The van der Waals surface area contributed by atoms with Crippen LogP contribution in [-0.2, 0) is 0 Å². The normalized spacial score (nSPS) is 16.3. The molecule has 0 heterocycles. The molecule has 35 heavy (non-hydrogen) atoms. The Labute approximate surface area is 209 Å². The van der Waals surface area contributed by atoms with Crippen molar-refractivity contribution < 1.29 is 13.9 Å². The molecule has 0 saturated carbocycles. The van der Waals surface area contributed by atoms with Crippen LogP contribution in [0.2, 0.25) is 0 Å². The molecule has 0 radical (unpaired) electrons. The van der Waals surface area contributed by atoms with Crippen LogP contribution in [0.1, 0.15) is 82.6 Å². The number of rotatable bonds is 9. The fourth-order valence-corrected chi connectivity index (χ4v) is 4.46. The van der Waals surface area contributed by atoms with Crippen LogP contribution >= 0.6 is 0 Å². The first-order chi connectivity index (χ1) is 16.7. The minimum absolute atomic E-state index is 0.118. The van der Waals surface area contributed by atoms with Gasteiger partial charge >= 0.3 is 0 Å². The molecule has 1 aliphatic carbocycles. The molecule has 4 heteroatoms. The van der Waals surface area contributed by atoms with Crippen molar-refractivity contribution >= 4 is 17.4 Å². The molecule has 1 aliphatic rings. The summed E-state index contributed by atoms with van der Waals surface area (Å²) >= 11 is 0. The lowest BCUT2D eigenvalue weighted by Gasteiger charge is -2.33. The van der Waals surface area contributed by atoms with Gasteiger partial charge in [-0.2, -0.15) is 0 Å². The average Bonchev–Trinajstić information content (AvgIpc) is 2.84. The number of hydrogen-bond donors (Lipinski definition) is 1. The Bertz CT molecular complexity index is 1110. The summed E-state index contributed by atoms with van der Waals surface area (Å²) in [6.45, 7) is 11.3. The minimum atomic E-state index is -0.279. The second kappa shape index (κ2) is 12.0. The zero-order chi connectivity index (χ0) is 25.4. The van der Waals surface area contributed by atoms with Gasteiger partial charge in [0.05, 0.1) is 6.61 Å². The SMILES string of the molecule is CCCCOc1ccc(NC(=O)c2ccc(C(F)=C(C)C=CC3=C(C)CCCC3(C)C)cc2)cc1. The van der Waals surface area contributed by atoms with Crippen LogP contribution in [0, 0.1) is 5.41 Å². The van der Waals surface area contributed by atoms with Crippen LogP contribution in [0.5, 0.6) is 5.75 Å². The number of amides is 1. The van der Waals surface area contributed by atoms with Crippen LogP contribution in [-0.4, -0.2) is 12.5 Å². The lowest BCUT2D eigenvalue weighted by molar-refractivity contribution is 0.102. The number of halogens is 1. The number of carbonyl (C=O) groups excluding carboxylic acids is 1. The molecule has 0 saturated heterocycles. The summed E-state index contributed by atoms with van der Waals surface area (Å²) in [6.07, 6.45) is 9.50. The summed E-state index contributed by atoms with van der Waals surface area (Å²) in [4.78, 5) is 12.6. The zero-order valence-corrected chi connectivity index (χ0v) is 21.7. The van der Waals surface area contributed by atoms with Gasteiger partial charge in [0.2, 0.25) is 0 Å². The molecule has 0 aromatic heterocycles. The second-order valence-corrected chi connectivity index (χ2v) is 10.0. The molecular formula is C31H38FNO2. The van der Waals surface area contributed by atoms with Crippen LogP contribution in [0.3, 0.4) is 0 Å². The molecule has 0 atom stereocenters. The average molecular weight is 476 g/mol. The van der Waals surface area contributed by atoms with E-state index in [1.54, 1.807) is 31.2 Å². The maximum absolute atomic E-state index is 15.1. The lowest BCUT2D eigenvalue weighted by Crippen LogP contribution is -2.19. The van der Waals surface area contributed by atoms with Crippen LogP contribution in [0.25, 0.3) is 5.83 Å². The number of benzene rings is 2. The predicted molar refractivity (Wildman–Crippen MR) is 144 cm³/mol. The number of ether oxygens (including phenoxy) is 1. The van der Waals surface area contributed by atoms with E-state index in [1.165, 1.54) is 17.6 Å². The van der Waals surface area contributed by atoms with Gasteiger partial charge in [0.25, 0.3) is 5.91 Å². The summed E-state index contributed by atoms with van der Waals surface area (Å²) in [7, 11) is 0. The Morgan fingerprint density at radius 1 is 1.09 bits per heavy atom. The van der Waals surface area contributed by atoms with Crippen molar-refractivity contribution in [3.8, 4) is 5.75 Å². The summed E-state index contributed by atoms with van der Waals surface area (Å²) < 4.78 is 20.8. The first kappa shape index (κ1) is 26.5. The van der Waals surface area contributed by atoms with Crippen molar-refractivity contribution in [2.24, 2.45) is 5.41 Å². The Morgan fingerprint density at radius 2 is 1.74 bits per heavy atom. The standard InChI is InChI=1S/C31H38FNO2/c1-6-7-21-35-27-17-15-26(16-18-27)33-30(34)25-13-11-24(12-14-25)29(32)23(3)10-19-28-22(2)9-8-20-31(28,4)5/h10-19H,6-9,20-21H2,1-5H3,(H,33,34). The molecule has 3 rings (SSSR count). The molecule has 3 nitrogen and oxygen atoms in total. The summed E-state index contributed by atoms with van der Waals surface area (Å²) in [5.41, 5.74) is 5.01. The van der Waals surface area contributed by atoms with E-state index in [1.807, 2.05) is 30.3 Å². The highest BCUT2D eigenvalue weighted by molar-refractivity contribution is 6.04. The van der Waals surface area contributed by atoms with Crippen LogP contribution < -0.4 is 10.1 Å². The maximum Gasteiger partial charge on any atom is 0.255 e. The highest BCUT2D eigenvalue weighted by Crippen LogP contribution is 2.41. The maximum atomic E-state index is 15.1. The molecule has 0 fully saturated rings. The Hall–Kier alpha value is -3.14. The van der Waals surface area contributed by atoms with Crippen LogP contribution in [0.4, 0.5) is 10.1 Å². The van der Waals surface area contributed by atoms with Gasteiger partial charge in [-0.15, -0.1) is 0 Å². The smallest absolute Gasteiger partial charge is 0.255 e. The molecular weight excluding hydrogens is 437 g/mol. The third-order valence-electron chi connectivity index (χ3n) is 6.67. The monoisotopic (exact) mass is 475 g/mol. The van der Waals surface area contributed by atoms with E-state index in [2.05, 4.69) is 39.1 Å². The van der Waals surface area contributed by atoms with Gasteiger partial charge in [-0.3, -0.25) is 4.79 Å². The predicted octanol–water partition coefficient (Wildman–Crippen LogP) is 8.90. The van der Waals surface area contributed by atoms with Crippen molar-refractivity contribution in [1.29, 1.82) is 0 Å². The second-order valence-electron chi connectivity index (χ2n) is 10.0. The van der Waals surface area contributed by atoms with Gasteiger partial charge < -0.3 is 10.1 Å². The number of hydrogen-bond acceptors (Lipinski definition) is 2. The quantitative estimate of drug-likeness (QED) is 0.290. The van der Waals surface area contributed by atoms with Gasteiger partial charge in [0.15, 0.2) is 0 Å². The van der Waals surface area contributed by atoms with Crippen molar-refractivity contribution in [2.45, 2.75) is 66.7 Å². The summed E-state index contributed by atoms with van der Waals surface area (Å²) in [5.74, 6) is 0.267. The summed E-state index contributed by atoms with van der Waals surface area (Å²) in [6, 6.07) is 13.9. The molecule has 0 unspecified atom stereocenters. The Morgan fingerprint density at radius 3 is 2.37 bits per heavy atom. The lowest BCUT2D eigenvalue weighted by atomic mass is 9.72. The molecule has 0 aliphatic heterocycles. The molecule has 186 valence electrons. The molecule has 0 spiro atoms. The van der Waals surface area contributed by atoms with E-state index in [9.17, 15) is 4.79 Å². The van der Waals surface area contributed by atoms with E-state index in [0.717, 1.165) is 31.4 Å². The third-order valence-corrected chi connectivity index (χ3v) is 6.67. The Kier molecular flexibility index (Phi) is 9.08. The largest absolute Gasteiger partial charge is 0.494 e. The zero-order valence-electron chi connectivity index (χ0n) is 21.7. The fourth-order valence-electron chi connectivity index (χ4n) is 4.46. The topological polar surface area (TPSA) is 38.3 Å². The first-order valence-electron chi connectivity index (χ1n) is 12.6. The fraction of sp³-hybridized carbons (Fsp3) is 0.387. The summed E-state index contributed by atoms with van der Waals surface area (Å²) in [5, 5.41) is 2.88. The molecule has 2 aromatic carbocycles. The van der Waals surface area contributed by atoms with E-state index in [4.69, 9.17) is 4.74 Å². The third kappa shape index (κ3) is 7.17. The van der Waals surface area contributed by atoms with E-state index in [-0.39, 0.29) is 17.1 Å². The molecule has 0 bridgehead atoms. The number of anilines is 1. The van der Waals surface area contributed by atoms with Gasteiger partial charge in [0, 0.05) is 16.8 Å². The minimum Gasteiger partial charge on any atom is -0.494 e. The number of unbranched alkanes of at least 4 members (excludes halogenated alkanes) is 1. The molecule has 2 aromatic rings. The van der Waals surface area contributed by atoms with E-state index < -0.39 is 0 Å².